The third kappa shape index (κ3) is 3.66. The summed E-state index contributed by atoms with van der Waals surface area (Å²) in [6.07, 6.45) is 8.04. The van der Waals surface area contributed by atoms with E-state index in [2.05, 4.69) is 13.8 Å². The summed E-state index contributed by atoms with van der Waals surface area (Å²) in [7, 11) is 0. The minimum Gasteiger partial charge on any atom is -0.465 e. The molecule has 0 saturated heterocycles. The van der Waals surface area contributed by atoms with Gasteiger partial charge in [-0.3, -0.25) is 9.59 Å². The highest BCUT2D eigenvalue weighted by atomic mass is 16.6. The molecule has 0 aliphatic heterocycles. The van der Waals surface area contributed by atoms with Gasteiger partial charge < -0.3 is 9.47 Å². The minimum absolute atomic E-state index is 0.0702. The van der Waals surface area contributed by atoms with Crippen LogP contribution in [0.25, 0.3) is 0 Å². The number of hydrogen-bond acceptors (Lipinski definition) is 4. The molecule has 26 heavy (non-hydrogen) atoms. The molecular formula is C22H36O4. The fourth-order valence-corrected chi connectivity index (χ4v) is 6.09. The first-order valence-electron chi connectivity index (χ1n) is 10.7. The summed E-state index contributed by atoms with van der Waals surface area (Å²) < 4.78 is 11.5. The van der Waals surface area contributed by atoms with Crippen molar-refractivity contribution < 1.29 is 19.1 Å². The topological polar surface area (TPSA) is 52.6 Å². The monoisotopic (exact) mass is 364 g/mol. The molecular weight excluding hydrogens is 328 g/mol. The Morgan fingerprint density at radius 3 is 2.08 bits per heavy atom. The van der Waals surface area contributed by atoms with Gasteiger partial charge in [-0.25, -0.2) is 0 Å². The van der Waals surface area contributed by atoms with E-state index in [1.54, 1.807) is 0 Å². The van der Waals surface area contributed by atoms with E-state index in [0.29, 0.717) is 37.2 Å². The number of carbonyl (C=O) groups excluding carboxylic acids is 2. The van der Waals surface area contributed by atoms with Crippen LogP contribution >= 0.6 is 0 Å². The Balaban J connectivity index is 1.53. The number of hydrogen-bond donors (Lipinski definition) is 0. The van der Waals surface area contributed by atoms with Crippen LogP contribution in [-0.4, -0.2) is 24.1 Å². The summed E-state index contributed by atoms with van der Waals surface area (Å²) in [5.74, 6) is 2.85. The zero-order chi connectivity index (χ0) is 18.9. The van der Waals surface area contributed by atoms with Crippen molar-refractivity contribution in [2.45, 2.75) is 84.7 Å². The fourth-order valence-electron chi connectivity index (χ4n) is 6.09. The predicted octanol–water partition coefficient (Wildman–Crippen LogP) is 4.75. The van der Waals surface area contributed by atoms with Crippen molar-refractivity contribution in [1.29, 1.82) is 0 Å². The van der Waals surface area contributed by atoms with Gasteiger partial charge in [0, 0.05) is 6.42 Å². The summed E-state index contributed by atoms with van der Waals surface area (Å²) in [5, 5.41) is 0. The van der Waals surface area contributed by atoms with Crippen LogP contribution in [0.15, 0.2) is 0 Å². The lowest BCUT2D eigenvalue weighted by molar-refractivity contribution is -0.225. The van der Waals surface area contributed by atoms with Crippen LogP contribution < -0.4 is 0 Å². The summed E-state index contributed by atoms with van der Waals surface area (Å²) in [6.45, 7) is 8.60. The first-order chi connectivity index (χ1) is 12.4. The van der Waals surface area contributed by atoms with Gasteiger partial charge in [-0.05, 0) is 74.5 Å². The quantitative estimate of drug-likeness (QED) is 0.461. The molecule has 1 atom stereocenters. The average Bonchev–Trinajstić information content (AvgIpc) is 2.60. The van der Waals surface area contributed by atoms with Crippen LogP contribution in [0.3, 0.4) is 0 Å². The van der Waals surface area contributed by atoms with E-state index >= 15 is 0 Å². The fraction of sp³-hybridized carbons (Fsp3) is 0.909. The lowest BCUT2D eigenvalue weighted by atomic mass is 9.47. The van der Waals surface area contributed by atoms with Crippen molar-refractivity contribution in [3.8, 4) is 0 Å². The van der Waals surface area contributed by atoms with E-state index in [1.807, 2.05) is 13.8 Å². The average molecular weight is 365 g/mol. The number of esters is 2. The molecule has 4 aliphatic rings. The molecule has 0 aromatic heterocycles. The molecule has 148 valence electrons. The second-order valence-corrected chi connectivity index (χ2v) is 9.37. The van der Waals surface area contributed by atoms with Crippen LogP contribution in [-0.2, 0) is 19.1 Å². The zero-order valence-corrected chi connectivity index (χ0v) is 17.0. The Bertz CT molecular complexity index is 496. The van der Waals surface area contributed by atoms with Gasteiger partial charge >= 0.3 is 11.9 Å². The molecule has 4 bridgehead atoms. The van der Waals surface area contributed by atoms with Crippen molar-refractivity contribution in [2.75, 3.05) is 6.61 Å². The molecule has 0 radical (unpaired) electrons. The van der Waals surface area contributed by atoms with Crippen molar-refractivity contribution >= 4 is 11.9 Å². The Hall–Kier alpha value is -1.06. The van der Waals surface area contributed by atoms with E-state index in [1.165, 1.54) is 32.1 Å². The second kappa shape index (κ2) is 7.90. The second-order valence-electron chi connectivity index (χ2n) is 9.37. The lowest BCUT2D eigenvalue weighted by Gasteiger charge is -2.61. The first-order valence-corrected chi connectivity index (χ1v) is 10.7. The first kappa shape index (κ1) is 19.7. The van der Waals surface area contributed by atoms with Crippen LogP contribution in [0, 0.1) is 35.5 Å². The third-order valence-corrected chi connectivity index (χ3v) is 7.39. The molecule has 1 unspecified atom stereocenters. The largest absolute Gasteiger partial charge is 0.465 e. The van der Waals surface area contributed by atoms with Gasteiger partial charge in [0.15, 0.2) is 0 Å². The smallest absolute Gasteiger partial charge is 0.308 e. The maximum atomic E-state index is 12.6. The van der Waals surface area contributed by atoms with E-state index in [0.717, 1.165) is 18.3 Å². The molecule has 0 heterocycles. The van der Waals surface area contributed by atoms with E-state index < -0.39 is 0 Å². The number of carbonyl (C=O) groups is 2. The van der Waals surface area contributed by atoms with Gasteiger partial charge in [0.25, 0.3) is 0 Å². The van der Waals surface area contributed by atoms with Gasteiger partial charge in [-0.15, -0.1) is 0 Å². The Kier molecular flexibility index (Phi) is 5.98. The third-order valence-electron chi connectivity index (χ3n) is 7.39. The highest BCUT2D eigenvalue weighted by Crippen LogP contribution is 2.61. The van der Waals surface area contributed by atoms with Crippen LogP contribution in [0.4, 0.5) is 0 Å². The molecule has 0 N–H and O–H groups in total. The van der Waals surface area contributed by atoms with Gasteiger partial charge in [-0.1, -0.05) is 27.7 Å². The van der Waals surface area contributed by atoms with E-state index in [-0.39, 0.29) is 23.5 Å². The van der Waals surface area contributed by atoms with Crippen molar-refractivity contribution in [2.24, 2.45) is 35.5 Å². The molecule has 4 aliphatic carbocycles. The zero-order valence-electron chi connectivity index (χ0n) is 17.0. The summed E-state index contributed by atoms with van der Waals surface area (Å²) in [6, 6.07) is 0. The molecule has 0 aromatic rings. The molecule has 0 spiro atoms. The van der Waals surface area contributed by atoms with Crippen LogP contribution in [0.2, 0.25) is 0 Å². The molecule has 0 aromatic carbocycles. The summed E-state index contributed by atoms with van der Waals surface area (Å²) in [4.78, 5) is 24.3. The molecule has 4 fully saturated rings. The maximum Gasteiger partial charge on any atom is 0.308 e. The Morgan fingerprint density at radius 2 is 1.58 bits per heavy atom. The van der Waals surface area contributed by atoms with E-state index in [4.69, 9.17) is 9.47 Å². The van der Waals surface area contributed by atoms with Gasteiger partial charge in [0.1, 0.15) is 5.60 Å². The van der Waals surface area contributed by atoms with Crippen molar-refractivity contribution in [3.63, 3.8) is 0 Å². The Morgan fingerprint density at radius 1 is 1.00 bits per heavy atom. The minimum atomic E-state index is -0.252. The highest BCUT2D eigenvalue weighted by molar-refractivity contribution is 5.72. The Labute approximate surface area is 158 Å². The van der Waals surface area contributed by atoms with Gasteiger partial charge in [0.2, 0.25) is 0 Å². The summed E-state index contributed by atoms with van der Waals surface area (Å²) >= 11 is 0. The highest BCUT2D eigenvalue weighted by Gasteiger charge is 2.60. The van der Waals surface area contributed by atoms with Gasteiger partial charge in [0.05, 0.1) is 12.5 Å². The summed E-state index contributed by atoms with van der Waals surface area (Å²) in [5.41, 5.74) is -0.252. The van der Waals surface area contributed by atoms with Crippen molar-refractivity contribution in [3.05, 3.63) is 0 Å². The van der Waals surface area contributed by atoms with Crippen LogP contribution in [0.5, 0.6) is 0 Å². The van der Waals surface area contributed by atoms with E-state index in [9.17, 15) is 9.59 Å². The molecule has 4 heteroatoms. The standard InChI is InChI=1S/C22H36O4/c1-5-15(4)21(24)25-8-6-7-20(23)26-22(14(2)3)18-10-16-9-17(12-18)13-19(22)11-16/h14-19H,5-13H2,1-4H3. The molecule has 0 amide bonds. The van der Waals surface area contributed by atoms with Crippen molar-refractivity contribution in [1.82, 2.24) is 0 Å². The normalized spacial score (nSPS) is 36.2. The SMILES string of the molecule is CCC(C)C(=O)OCCCC(=O)OC1(C(C)C)C2CC3CC(C2)CC1C3. The lowest BCUT2D eigenvalue weighted by Crippen LogP contribution is -2.62. The number of rotatable bonds is 8. The molecule has 4 saturated carbocycles. The predicted molar refractivity (Wildman–Crippen MR) is 100 cm³/mol. The number of ether oxygens (including phenoxy) is 2. The maximum absolute atomic E-state index is 12.6. The molecule has 4 nitrogen and oxygen atoms in total. The molecule has 4 rings (SSSR count). The van der Waals surface area contributed by atoms with Crippen LogP contribution in [0.1, 0.15) is 79.1 Å². The van der Waals surface area contributed by atoms with Gasteiger partial charge in [-0.2, -0.15) is 0 Å².